The fourth-order valence-electron chi connectivity index (χ4n) is 6.11. The SMILES string of the molecule is CC(C)(C)OC(=O)COc1ccccc1NC(=O)[C@H](Cc1ccc(OCc2ccccc2)cc1)NC(=O)OCC1c2ccccc2-c2ccccc21. The molecule has 0 unspecified atom stereocenters. The minimum absolute atomic E-state index is 0.100. The lowest BCUT2D eigenvalue weighted by Gasteiger charge is -2.21. The monoisotopic (exact) mass is 698 g/mol. The van der Waals surface area contributed by atoms with Crippen LogP contribution in [0.5, 0.6) is 11.5 Å². The Labute approximate surface area is 303 Å². The summed E-state index contributed by atoms with van der Waals surface area (Å²) in [7, 11) is 0. The molecule has 1 atom stereocenters. The van der Waals surface area contributed by atoms with Gasteiger partial charge in [0.25, 0.3) is 0 Å². The van der Waals surface area contributed by atoms with Gasteiger partial charge in [0.15, 0.2) is 6.61 Å². The van der Waals surface area contributed by atoms with Crippen LogP contribution in [-0.4, -0.2) is 42.8 Å². The second-order valence-electron chi connectivity index (χ2n) is 13.5. The number of hydrogen-bond donors (Lipinski definition) is 2. The molecular weight excluding hydrogens is 656 g/mol. The molecule has 2 N–H and O–H groups in total. The standard InChI is InChI=1S/C43H42N2O7/c1-43(2,3)52-40(46)28-50-39-20-12-11-19-37(39)44-41(47)38(25-29-21-23-31(24-22-29)49-26-30-13-5-4-6-14-30)45-42(48)51-27-36-34-17-9-7-15-32(34)33-16-8-10-18-35(33)36/h4-24,36,38H,25-28H2,1-3H3,(H,44,47)(H,45,48)/t38-/m0/s1. The highest BCUT2D eigenvalue weighted by Crippen LogP contribution is 2.44. The molecule has 9 heteroatoms. The van der Waals surface area contributed by atoms with Gasteiger partial charge in [-0.2, -0.15) is 0 Å². The molecule has 0 heterocycles. The molecule has 0 saturated heterocycles. The molecule has 0 spiro atoms. The minimum atomic E-state index is -1.02. The Morgan fingerprint density at radius 1 is 0.692 bits per heavy atom. The van der Waals surface area contributed by atoms with Crippen molar-refractivity contribution in [3.8, 4) is 22.6 Å². The molecule has 6 rings (SSSR count). The Hall–Kier alpha value is -6.09. The van der Waals surface area contributed by atoms with Crippen molar-refractivity contribution < 1.29 is 33.3 Å². The molecule has 1 aliphatic rings. The molecule has 0 bridgehead atoms. The van der Waals surface area contributed by atoms with Gasteiger partial charge in [0.05, 0.1) is 5.69 Å². The topological polar surface area (TPSA) is 112 Å². The van der Waals surface area contributed by atoms with Crippen LogP contribution in [0.3, 0.4) is 0 Å². The maximum Gasteiger partial charge on any atom is 0.407 e. The Bertz CT molecular complexity index is 1960. The van der Waals surface area contributed by atoms with Crippen LogP contribution in [0.15, 0.2) is 127 Å². The summed E-state index contributed by atoms with van der Waals surface area (Å²) in [6.45, 7) is 5.49. The fraction of sp³-hybridized carbons (Fsp3) is 0.233. The maximum absolute atomic E-state index is 13.9. The summed E-state index contributed by atoms with van der Waals surface area (Å²) in [6.07, 6.45) is -0.560. The lowest BCUT2D eigenvalue weighted by molar-refractivity contribution is -0.157. The average Bonchev–Trinajstić information content (AvgIpc) is 3.46. The number of hydrogen-bond acceptors (Lipinski definition) is 7. The third-order valence-corrected chi connectivity index (χ3v) is 8.47. The number of carbonyl (C=O) groups excluding carboxylic acids is 3. The van der Waals surface area contributed by atoms with Crippen molar-refractivity contribution >= 4 is 23.7 Å². The van der Waals surface area contributed by atoms with E-state index in [1.54, 1.807) is 45.0 Å². The van der Waals surface area contributed by atoms with E-state index in [1.165, 1.54) is 0 Å². The largest absolute Gasteiger partial charge is 0.489 e. The normalized spacial score (nSPS) is 12.5. The van der Waals surface area contributed by atoms with Crippen molar-refractivity contribution in [3.05, 3.63) is 150 Å². The third kappa shape index (κ3) is 9.37. The summed E-state index contributed by atoms with van der Waals surface area (Å²) in [6, 6.07) is 39.2. The molecule has 2 amide bonds. The molecule has 0 saturated carbocycles. The Balaban J connectivity index is 1.15. The summed E-state index contributed by atoms with van der Waals surface area (Å²) in [5.74, 6) is -0.218. The van der Waals surface area contributed by atoms with Gasteiger partial charge < -0.3 is 29.6 Å². The highest BCUT2D eigenvalue weighted by molar-refractivity contribution is 5.98. The second-order valence-corrected chi connectivity index (χ2v) is 13.5. The van der Waals surface area contributed by atoms with Crippen LogP contribution in [0.25, 0.3) is 11.1 Å². The van der Waals surface area contributed by atoms with Gasteiger partial charge in [-0.05, 0) is 78.4 Å². The number of rotatable bonds is 13. The number of fused-ring (bicyclic) bond motifs is 3. The molecule has 0 aliphatic heterocycles. The van der Waals surface area contributed by atoms with E-state index < -0.39 is 29.6 Å². The van der Waals surface area contributed by atoms with Gasteiger partial charge >= 0.3 is 12.1 Å². The summed E-state index contributed by atoms with van der Waals surface area (Å²) < 4.78 is 22.8. The van der Waals surface area contributed by atoms with Crippen LogP contribution in [0.4, 0.5) is 10.5 Å². The number of amides is 2. The summed E-state index contributed by atoms with van der Waals surface area (Å²) >= 11 is 0. The molecule has 52 heavy (non-hydrogen) atoms. The van der Waals surface area contributed by atoms with E-state index >= 15 is 0 Å². The van der Waals surface area contributed by atoms with E-state index in [9.17, 15) is 14.4 Å². The lowest BCUT2D eigenvalue weighted by atomic mass is 9.98. The van der Waals surface area contributed by atoms with Gasteiger partial charge in [-0.25, -0.2) is 9.59 Å². The van der Waals surface area contributed by atoms with Gasteiger partial charge in [-0.3, -0.25) is 4.79 Å². The van der Waals surface area contributed by atoms with Crippen LogP contribution >= 0.6 is 0 Å². The number of alkyl carbamates (subject to hydrolysis) is 1. The van der Waals surface area contributed by atoms with Crippen molar-refractivity contribution in [2.24, 2.45) is 0 Å². The van der Waals surface area contributed by atoms with E-state index in [-0.39, 0.29) is 31.3 Å². The first-order valence-corrected chi connectivity index (χ1v) is 17.2. The average molecular weight is 699 g/mol. The van der Waals surface area contributed by atoms with Crippen molar-refractivity contribution in [2.75, 3.05) is 18.5 Å². The Morgan fingerprint density at radius 2 is 1.31 bits per heavy atom. The lowest BCUT2D eigenvalue weighted by Crippen LogP contribution is -2.45. The first-order chi connectivity index (χ1) is 25.1. The van der Waals surface area contributed by atoms with Gasteiger partial charge in [-0.15, -0.1) is 0 Å². The first kappa shape index (κ1) is 35.7. The summed E-state index contributed by atoms with van der Waals surface area (Å²) in [5.41, 5.74) is 5.91. The zero-order valence-corrected chi connectivity index (χ0v) is 29.5. The fourth-order valence-corrected chi connectivity index (χ4v) is 6.11. The highest BCUT2D eigenvalue weighted by atomic mass is 16.6. The zero-order valence-electron chi connectivity index (χ0n) is 29.5. The number of para-hydroxylation sites is 2. The number of esters is 1. The van der Waals surface area contributed by atoms with Crippen LogP contribution in [-0.2, 0) is 32.1 Å². The number of benzene rings is 5. The molecule has 0 fully saturated rings. The van der Waals surface area contributed by atoms with Gasteiger partial charge in [0, 0.05) is 12.3 Å². The minimum Gasteiger partial charge on any atom is -0.489 e. The van der Waals surface area contributed by atoms with Crippen LogP contribution in [0.2, 0.25) is 0 Å². The quantitative estimate of drug-likeness (QED) is 0.120. The maximum atomic E-state index is 13.9. The predicted octanol–water partition coefficient (Wildman–Crippen LogP) is 8.07. The van der Waals surface area contributed by atoms with Gasteiger partial charge in [0.2, 0.25) is 5.91 Å². The van der Waals surface area contributed by atoms with Crippen molar-refractivity contribution in [3.63, 3.8) is 0 Å². The van der Waals surface area contributed by atoms with E-state index in [2.05, 4.69) is 22.8 Å². The van der Waals surface area contributed by atoms with Crippen LogP contribution < -0.4 is 20.1 Å². The van der Waals surface area contributed by atoms with Crippen molar-refractivity contribution in [1.82, 2.24) is 5.32 Å². The molecule has 0 radical (unpaired) electrons. The Morgan fingerprint density at radius 3 is 1.98 bits per heavy atom. The van der Waals surface area contributed by atoms with Crippen LogP contribution in [0, 0.1) is 0 Å². The van der Waals surface area contributed by atoms with Gasteiger partial charge in [-0.1, -0.05) is 103 Å². The number of anilines is 1. The molecule has 0 aromatic heterocycles. The van der Waals surface area contributed by atoms with Gasteiger partial charge in [0.1, 0.15) is 36.4 Å². The number of ether oxygens (including phenoxy) is 4. The number of nitrogens with one attached hydrogen (secondary N) is 2. The predicted molar refractivity (Wildman–Crippen MR) is 199 cm³/mol. The first-order valence-electron chi connectivity index (χ1n) is 17.2. The smallest absolute Gasteiger partial charge is 0.407 e. The van der Waals surface area contributed by atoms with E-state index in [0.717, 1.165) is 33.4 Å². The Kier molecular flexibility index (Phi) is 11.2. The second kappa shape index (κ2) is 16.3. The summed E-state index contributed by atoms with van der Waals surface area (Å²) in [5, 5.41) is 5.67. The molecule has 266 valence electrons. The van der Waals surface area contributed by atoms with Crippen molar-refractivity contribution in [1.29, 1.82) is 0 Å². The highest BCUT2D eigenvalue weighted by Gasteiger charge is 2.30. The van der Waals surface area contributed by atoms with E-state index in [4.69, 9.17) is 18.9 Å². The molecule has 9 nitrogen and oxygen atoms in total. The molecular formula is C43H42N2O7. The van der Waals surface area contributed by atoms with E-state index in [1.807, 2.05) is 91.0 Å². The van der Waals surface area contributed by atoms with Crippen molar-refractivity contribution in [2.45, 2.75) is 51.4 Å². The number of carbonyl (C=O) groups is 3. The molecule has 5 aromatic carbocycles. The summed E-state index contributed by atoms with van der Waals surface area (Å²) in [4.78, 5) is 39.6. The van der Waals surface area contributed by atoms with E-state index in [0.29, 0.717) is 18.0 Å². The zero-order chi connectivity index (χ0) is 36.5. The third-order valence-electron chi connectivity index (χ3n) is 8.47. The molecule has 5 aromatic rings. The molecule has 1 aliphatic carbocycles. The van der Waals surface area contributed by atoms with Crippen LogP contribution in [0.1, 0.15) is 48.9 Å².